The Balaban J connectivity index is 1.58. The van der Waals surface area contributed by atoms with Gasteiger partial charge in [-0.2, -0.15) is 0 Å². The Morgan fingerprint density at radius 3 is 2.52 bits per heavy atom. The number of allylic oxidation sites excluding steroid dienone is 1. The Morgan fingerprint density at radius 2 is 1.86 bits per heavy atom. The number of nitrogens with zero attached hydrogens (tertiary/aromatic N) is 3. The third kappa shape index (κ3) is 6.05. The quantitative estimate of drug-likeness (QED) is 0.153. The summed E-state index contributed by atoms with van der Waals surface area (Å²) < 4.78 is 13.0. The summed E-state index contributed by atoms with van der Waals surface area (Å²) in [4.78, 5) is 43.4. The van der Waals surface area contributed by atoms with E-state index < -0.39 is 22.5 Å². The smallest absolute Gasteiger partial charge is 0.338 e. The van der Waals surface area contributed by atoms with E-state index >= 15 is 0 Å². The molecule has 1 aromatic heterocycles. The maximum absolute atomic E-state index is 13.8. The van der Waals surface area contributed by atoms with Crippen LogP contribution in [0.5, 0.6) is 5.75 Å². The third-order valence-corrected chi connectivity index (χ3v) is 7.72. The number of halogens is 1. The fraction of sp³-hybridized carbons (Fsp3) is 0.194. The molecule has 1 atom stereocenters. The number of benzene rings is 3. The Labute approximate surface area is 249 Å². The number of esters is 1. The van der Waals surface area contributed by atoms with Crippen LogP contribution in [0.2, 0.25) is 5.02 Å². The summed E-state index contributed by atoms with van der Waals surface area (Å²) in [6.45, 7) is 5.37. The molecular weight excluding hydrogens is 578 g/mol. The number of rotatable bonds is 8. The lowest BCUT2D eigenvalue weighted by Gasteiger charge is -2.25. The SMILES string of the molecule is CC1=C(C(=O)OC(C)C)C(c2ccc(Cl)cc2)n2c(sc(=Cc3ccc(OCc4ccccc4)c([N+](=O)[O-])c3)c2=O)=N1. The van der Waals surface area contributed by atoms with E-state index in [-0.39, 0.29) is 29.7 Å². The van der Waals surface area contributed by atoms with Crippen LogP contribution in [0, 0.1) is 10.1 Å². The molecule has 2 heterocycles. The summed E-state index contributed by atoms with van der Waals surface area (Å²) in [6.07, 6.45) is 1.20. The van der Waals surface area contributed by atoms with Gasteiger partial charge >= 0.3 is 11.7 Å². The lowest BCUT2D eigenvalue weighted by Crippen LogP contribution is -2.40. The van der Waals surface area contributed by atoms with Crippen molar-refractivity contribution in [3.8, 4) is 5.75 Å². The number of aromatic nitrogens is 1. The molecule has 9 nitrogen and oxygen atoms in total. The van der Waals surface area contributed by atoms with Gasteiger partial charge < -0.3 is 9.47 Å². The van der Waals surface area contributed by atoms with Gasteiger partial charge in [0.2, 0.25) is 0 Å². The van der Waals surface area contributed by atoms with Gasteiger partial charge in [-0.3, -0.25) is 19.5 Å². The van der Waals surface area contributed by atoms with E-state index in [1.54, 1.807) is 57.2 Å². The van der Waals surface area contributed by atoms with Crippen LogP contribution in [0.3, 0.4) is 0 Å². The average molecular weight is 604 g/mol. The van der Waals surface area contributed by atoms with Crippen LogP contribution >= 0.6 is 22.9 Å². The van der Waals surface area contributed by atoms with Crippen molar-refractivity contribution in [3.05, 3.63) is 136 Å². The van der Waals surface area contributed by atoms with Gasteiger partial charge in [-0.05, 0) is 61.7 Å². The summed E-state index contributed by atoms with van der Waals surface area (Å²) in [6, 6.07) is 20.0. The molecule has 0 N–H and O–H groups in total. The zero-order valence-electron chi connectivity index (χ0n) is 22.9. The maximum atomic E-state index is 13.8. The van der Waals surface area contributed by atoms with Crippen molar-refractivity contribution in [1.82, 2.24) is 4.57 Å². The van der Waals surface area contributed by atoms with E-state index in [0.29, 0.717) is 31.2 Å². The third-order valence-electron chi connectivity index (χ3n) is 6.48. The van der Waals surface area contributed by atoms with Crippen molar-refractivity contribution < 1.29 is 19.2 Å². The lowest BCUT2D eigenvalue weighted by molar-refractivity contribution is -0.386. The van der Waals surface area contributed by atoms with Crippen molar-refractivity contribution in [3.63, 3.8) is 0 Å². The molecular formula is C31H26ClN3O6S. The molecule has 0 aliphatic carbocycles. The molecule has 0 amide bonds. The van der Waals surface area contributed by atoms with Crippen LogP contribution < -0.4 is 19.6 Å². The second-order valence-corrected chi connectivity index (χ2v) is 11.3. The highest BCUT2D eigenvalue weighted by molar-refractivity contribution is 7.07. The number of hydrogen-bond donors (Lipinski definition) is 0. The predicted octanol–water partition coefficient (Wildman–Crippen LogP) is 5.33. The molecule has 3 aromatic carbocycles. The van der Waals surface area contributed by atoms with Gasteiger partial charge in [0.05, 0.1) is 32.9 Å². The molecule has 1 aliphatic rings. The van der Waals surface area contributed by atoms with Gasteiger partial charge in [-0.1, -0.05) is 71.5 Å². The van der Waals surface area contributed by atoms with E-state index in [4.69, 9.17) is 21.1 Å². The summed E-state index contributed by atoms with van der Waals surface area (Å²) in [7, 11) is 0. The number of nitro groups is 1. The normalized spacial score (nSPS) is 14.9. The predicted molar refractivity (Wildman–Crippen MR) is 160 cm³/mol. The van der Waals surface area contributed by atoms with Gasteiger partial charge in [0.25, 0.3) is 5.56 Å². The van der Waals surface area contributed by atoms with Crippen LogP contribution in [-0.4, -0.2) is 21.6 Å². The monoisotopic (exact) mass is 603 g/mol. The van der Waals surface area contributed by atoms with Crippen molar-refractivity contribution in [1.29, 1.82) is 0 Å². The summed E-state index contributed by atoms with van der Waals surface area (Å²) >= 11 is 7.25. The second kappa shape index (κ2) is 12.1. The van der Waals surface area contributed by atoms with Crippen LogP contribution in [0.4, 0.5) is 5.69 Å². The average Bonchev–Trinajstić information content (AvgIpc) is 3.26. The number of nitro benzene ring substituents is 1. The van der Waals surface area contributed by atoms with E-state index in [0.717, 1.165) is 16.9 Å². The first-order valence-electron chi connectivity index (χ1n) is 13.1. The van der Waals surface area contributed by atoms with Crippen LogP contribution in [0.15, 0.2) is 93.9 Å². The highest BCUT2D eigenvalue weighted by Crippen LogP contribution is 2.32. The molecule has 214 valence electrons. The Hall–Kier alpha value is -4.54. The molecule has 0 bridgehead atoms. The highest BCUT2D eigenvalue weighted by atomic mass is 35.5. The molecule has 5 rings (SSSR count). The number of ether oxygens (including phenoxy) is 2. The number of carbonyl (C=O) groups excluding carboxylic acids is 1. The van der Waals surface area contributed by atoms with Crippen LogP contribution in [0.1, 0.15) is 43.5 Å². The zero-order chi connectivity index (χ0) is 30.0. The highest BCUT2D eigenvalue weighted by Gasteiger charge is 2.33. The first-order chi connectivity index (χ1) is 20.1. The zero-order valence-corrected chi connectivity index (χ0v) is 24.5. The topological polar surface area (TPSA) is 113 Å². The van der Waals surface area contributed by atoms with E-state index in [1.165, 1.54) is 16.7 Å². The first kappa shape index (κ1) is 29.0. The Kier molecular flexibility index (Phi) is 8.37. The first-order valence-corrected chi connectivity index (χ1v) is 14.3. The van der Waals surface area contributed by atoms with Crippen molar-refractivity contribution in [2.75, 3.05) is 0 Å². The maximum Gasteiger partial charge on any atom is 0.338 e. The standard InChI is InChI=1S/C31H26ClN3O6S/c1-18(2)41-30(37)27-19(3)33-31-34(28(27)22-10-12-23(32)13-11-22)29(36)26(42-31)16-21-9-14-25(24(15-21)35(38)39)40-17-20-7-5-4-6-8-20/h4-16,18,28H,17H2,1-3H3. The molecule has 42 heavy (non-hydrogen) atoms. The number of hydrogen-bond acceptors (Lipinski definition) is 8. The molecule has 0 spiro atoms. The van der Waals surface area contributed by atoms with E-state index in [1.807, 2.05) is 30.3 Å². The van der Waals surface area contributed by atoms with Gasteiger partial charge in [-0.15, -0.1) is 0 Å². The summed E-state index contributed by atoms with van der Waals surface area (Å²) in [5.74, 6) is -0.448. The Morgan fingerprint density at radius 1 is 1.14 bits per heavy atom. The van der Waals surface area contributed by atoms with Gasteiger partial charge in [0.1, 0.15) is 6.61 Å². The molecule has 0 saturated heterocycles. The van der Waals surface area contributed by atoms with Crippen LogP contribution in [0.25, 0.3) is 6.08 Å². The number of thiazole rings is 1. The second-order valence-electron chi connectivity index (χ2n) is 9.85. The minimum atomic E-state index is -0.796. The van der Waals surface area contributed by atoms with Gasteiger partial charge in [-0.25, -0.2) is 9.79 Å². The largest absolute Gasteiger partial charge is 0.482 e. The molecule has 11 heteroatoms. The number of carbonyl (C=O) groups is 1. The van der Waals surface area contributed by atoms with Crippen molar-refractivity contribution >= 4 is 40.7 Å². The van der Waals surface area contributed by atoms with Crippen molar-refractivity contribution in [2.24, 2.45) is 4.99 Å². The molecule has 0 saturated carbocycles. The minimum Gasteiger partial charge on any atom is -0.482 e. The number of fused-ring (bicyclic) bond motifs is 1. The molecule has 1 aliphatic heterocycles. The Bertz CT molecular complexity index is 1880. The molecule has 0 fully saturated rings. The van der Waals surface area contributed by atoms with Gasteiger partial charge in [0.15, 0.2) is 10.6 Å². The summed E-state index contributed by atoms with van der Waals surface area (Å²) in [5, 5.41) is 12.4. The lowest BCUT2D eigenvalue weighted by atomic mass is 9.96. The van der Waals surface area contributed by atoms with Crippen LogP contribution in [-0.2, 0) is 16.1 Å². The summed E-state index contributed by atoms with van der Waals surface area (Å²) in [5.41, 5.74) is 2.04. The fourth-order valence-corrected chi connectivity index (χ4v) is 5.77. The molecule has 1 unspecified atom stereocenters. The minimum absolute atomic E-state index is 0.120. The molecule has 0 radical (unpaired) electrons. The molecule has 4 aromatic rings. The van der Waals surface area contributed by atoms with E-state index in [2.05, 4.69) is 4.99 Å². The van der Waals surface area contributed by atoms with Gasteiger partial charge in [0, 0.05) is 11.1 Å². The van der Waals surface area contributed by atoms with E-state index in [9.17, 15) is 19.7 Å². The fourth-order valence-electron chi connectivity index (χ4n) is 4.60. The van der Waals surface area contributed by atoms with Crippen molar-refractivity contribution in [2.45, 2.75) is 39.5 Å².